The number of aromatic carboxylic acids is 1. The van der Waals surface area contributed by atoms with Crippen LogP contribution in [-0.4, -0.2) is 39.4 Å². The lowest BCUT2D eigenvalue weighted by Crippen LogP contribution is -2.37. The molecule has 6 nitrogen and oxygen atoms in total. The zero-order valence-electron chi connectivity index (χ0n) is 12.3. The summed E-state index contributed by atoms with van der Waals surface area (Å²) in [6.07, 6.45) is 2.20. The van der Waals surface area contributed by atoms with Crippen molar-refractivity contribution >= 4 is 28.5 Å². The van der Waals surface area contributed by atoms with Crippen LogP contribution in [0.3, 0.4) is 0 Å². The van der Waals surface area contributed by atoms with Crippen LogP contribution in [0.1, 0.15) is 29.3 Å². The zero-order chi connectivity index (χ0) is 16.0. The van der Waals surface area contributed by atoms with Gasteiger partial charge in [0.25, 0.3) is 0 Å². The van der Waals surface area contributed by atoms with Gasteiger partial charge in [-0.3, -0.25) is 4.21 Å². The molecule has 2 amide bonds. The number of benzene rings is 1. The summed E-state index contributed by atoms with van der Waals surface area (Å²) in [5.41, 5.74) is 1.10. The number of carboxylic acids is 1. The molecule has 1 aromatic carbocycles. The predicted molar refractivity (Wildman–Crippen MR) is 83.3 cm³/mol. The molecule has 7 heteroatoms. The highest BCUT2D eigenvalue weighted by atomic mass is 32.2. The minimum atomic E-state index is -1.09. The average Bonchev–Trinajstić information content (AvgIpc) is 2.38. The standard InChI is InChI=1S/C14H20N2O4S/c1-9-4-5-12(11(8-9)13(17)18)16-14(19)15-10(2)6-7-21(3)20/h4-5,8,10H,6-7H2,1-3H3,(H,17,18)(H2,15,16,19). The molecular formula is C14H20N2O4S. The number of rotatable bonds is 6. The Morgan fingerprint density at radius 1 is 1.38 bits per heavy atom. The lowest BCUT2D eigenvalue weighted by molar-refractivity contribution is 0.0698. The maximum absolute atomic E-state index is 11.8. The van der Waals surface area contributed by atoms with Gasteiger partial charge in [0.1, 0.15) is 0 Å². The summed E-state index contributed by atoms with van der Waals surface area (Å²) in [5, 5.41) is 14.3. The van der Waals surface area contributed by atoms with Crippen LogP contribution in [0.4, 0.5) is 10.5 Å². The van der Waals surface area contributed by atoms with Crippen LogP contribution in [0.5, 0.6) is 0 Å². The highest BCUT2D eigenvalue weighted by Gasteiger charge is 2.14. The van der Waals surface area contributed by atoms with Crippen LogP contribution in [-0.2, 0) is 10.8 Å². The number of hydrogen-bond donors (Lipinski definition) is 3. The predicted octanol–water partition coefficient (Wildman–Crippen LogP) is 1.97. The van der Waals surface area contributed by atoms with E-state index in [2.05, 4.69) is 10.6 Å². The van der Waals surface area contributed by atoms with Crippen molar-refractivity contribution in [2.24, 2.45) is 0 Å². The fraction of sp³-hybridized carbons (Fsp3) is 0.429. The molecule has 0 fully saturated rings. The van der Waals surface area contributed by atoms with Gasteiger partial charge in [-0.1, -0.05) is 11.6 Å². The normalized spacial score (nSPS) is 13.3. The number of nitrogens with one attached hydrogen (secondary N) is 2. The highest BCUT2D eigenvalue weighted by molar-refractivity contribution is 7.84. The van der Waals surface area contributed by atoms with Crippen LogP contribution < -0.4 is 10.6 Å². The summed E-state index contributed by atoms with van der Waals surface area (Å²) in [6, 6.07) is 4.17. The Labute approximate surface area is 126 Å². The topological polar surface area (TPSA) is 95.5 Å². The van der Waals surface area contributed by atoms with Crippen molar-refractivity contribution in [1.82, 2.24) is 5.32 Å². The van der Waals surface area contributed by atoms with Crippen LogP contribution in [0.15, 0.2) is 18.2 Å². The molecule has 2 unspecified atom stereocenters. The Hall–Kier alpha value is -1.89. The van der Waals surface area contributed by atoms with Crippen molar-refractivity contribution < 1.29 is 18.9 Å². The molecule has 0 heterocycles. The maximum atomic E-state index is 11.8. The summed E-state index contributed by atoms with van der Waals surface area (Å²) in [5.74, 6) is -0.588. The Balaban J connectivity index is 2.66. The van der Waals surface area contributed by atoms with E-state index in [0.717, 1.165) is 5.56 Å². The molecule has 0 aliphatic rings. The Kier molecular flexibility index (Phi) is 6.36. The fourth-order valence-electron chi connectivity index (χ4n) is 1.74. The van der Waals surface area contributed by atoms with E-state index < -0.39 is 22.8 Å². The zero-order valence-corrected chi connectivity index (χ0v) is 13.1. The van der Waals surface area contributed by atoms with Gasteiger partial charge in [-0.05, 0) is 32.4 Å². The molecular weight excluding hydrogens is 292 g/mol. The third-order valence-electron chi connectivity index (χ3n) is 2.87. The average molecular weight is 312 g/mol. The van der Waals surface area contributed by atoms with Crippen LogP contribution in [0.2, 0.25) is 0 Å². The second kappa shape index (κ2) is 7.78. The number of amides is 2. The Morgan fingerprint density at radius 2 is 2.05 bits per heavy atom. The highest BCUT2D eigenvalue weighted by Crippen LogP contribution is 2.17. The molecule has 1 aromatic rings. The quantitative estimate of drug-likeness (QED) is 0.748. The molecule has 0 bridgehead atoms. The van der Waals surface area contributed by atoms with Gasteiger partial charge < -0.3 is 15.7 Å². The van der Waals surface area contributed by atoms with E-state index in [-0.39, 0.29) is 17.3 Å². The van der Waals surface area contributed by atoms with Crippen molar-refractivity contribution in [2.75, 3.05) is 17.3 Å². The summed E-state index contributed by atoms with van der Waals surface area (Å²) in [7, 11) is -0.901. The number of carboxylic acid groups (broad SMARTS) is 1. The van der Waals surface area contributed by atoms with Gasteiger partial charge in [0.2, 0.25) is 0 Å². The summed E-state index contributed by atoms with van der Waals surface area (Å²) in [6.45, 7) is 3.59. The van der Waals surface area contributed by atoms with E-state index in [1.165, 1.54) is 6.07 Å². The number of carbonyl (C=O) groups is 2. The minimum Gasteiger partial charge on any atom is -0.478 e. The van der Waals surface area contributed by atoms with Gasteiger partial charge in [-0.15, -0.1) is 0 Å². The molecule has 0 saturated carbocycles. The Morgan fingerprint density at radius 3 is 2.62 bits per heavy atom. The van der Waals surface area contributed by atoms with Crippen molar-refractivity contribution in [3.8, 4) is 0 Å². The molecule has 0 aliphatic carbocycles. The van der Waals surface area contributed by atoms with E-state index in [9.17, 15) is 13.8 Å². The van der Waals surface area contributed by atoms with E-state index in [1.54, 1.807) is 32.2 Å². The first-order chi connectivity index (χ1) is 9.79. The lowest BCUT2D eigenvalue weighted by atomic mass is 10.1. The molecule has 3 N–H and O–H groups in total. The van der Waals surface area contributed by atoms with Gasteiger partial charge in [-0.25, -0.2) is 9.59 Å². The first-order valence-electron chi connectivity index (χ1n) is 6.51. The van der Waals surface area contributed by atoms with Gasteiger partial charge in [0, 0.05) is 28.9 Å². The van der Waals surface area contributed by atoms with E-state index >= 15 is 0 Å². The van der Waals surface area contributed by atoms with Gasteiger partial charge in [-0.2, -0.15) is 0 Å². The van der Waals surface area contributed by atoms with E-state index in [4.69, 9.17) is 5.11 Å². The molecule has 0 saturated heterocycles. The largest absolute Gasteiger partial charge is 0.478 e. The minimum absolute atomic E-state index is 0.0486. The van der Waals surface area contributed by atoms with Crippen molar-refractivity contribution in [2.45, 2.75) is 26.3 Å². The molecule has 116 valence electrons. The number of anilines is 1. The molecule has 0 spiro atoms. The number of carbonyl (C=O) groups excluding carboxylic acids is 1. The van der Waals surface area contributed by atoms with E-state index in [0.29, 0.717) is 12.2 Å². The fourth-order valence-corrected chi connectivity index (χ4v) is 2.43. The molecule has 0 aromatic heterocycles. The van der Waals surface area contributed by atoms with Crippen LogP contribution >= 0.6 is 0 Å². The van der Waals surface area contributed by atoms with Crippen LogP contribution in [0.25, 0.3) is 0 Å². The van der Waals surface area contributed by atoms with Crippen molar-refractivity contribution in [1.29, 1.82) is 0 Å². The molecule has 0 radical (unpaired) electrons. The molecule has 2 atom stereocenters. The summed E-state index contributed by atoms with van der Waals surface area (Å²) < 4.78 is 11.0. The summed E-state index contributed by atoms with van der Waals surface area (Å²) in [4.78, 5) is 23.0. The first-order valence-corrected chi connectivity index (χ1v) is 8.23. The maximum Gasteiger partial charge on any atom is 0.337 e. The Bertz CT molecular complexity index is 560. The lowest BCUT2D eigenvalue weighted by Gasteiger charge is -2.15. The van der Waals surface area contributed by atoms with Gasteiger partial charge in [0.15, 0.2) is 0 Å². The second-order valence-electron chi connectivity index (χ2n) is 4.92. The number of aryl methyl sites for hydroxylation is 1. The number of hydrogen-bond acceptors (Lipinski definition) is 3. The molecule has 1 rings (SSSR count). The second-order valence-corrected chi connectivity index (χ2v) is 6.47. The van der Waals surface area contributed by atoms with E-state index in [1.807, 2.05) is 0 Å². The van der Waals surface area contributed by atoms with Crippen molar-refractivity contribution in [3.63, 3.8) is 0 Å². The summed E-state index contributed by atoms with van der Waals surface area (Å²) >= 11 is 0. The molecule has 0 aliphatic heterocycles. The monoisotopic (exact) mass is 312 g/mol. The molecule has 21 heavy (non-hydrogen) atoms. The third-order valence-corrected chi connectivity index (χ3v) is 3.68. The van der Waals surface area contributed by atoms with Crippen LogP contribution in [0, 0.1) is 6.92 Å². The van der Waals surface area contributed by atoms with Gasteiger partial charge >= 0.3 is 12.0 Å². The first kappa shape index (κ1) is 17.2. The van der Waals surface area contributed by atoms with Crippen molar-refractivity contribution in [3.05, 3.63) is 29.3 Å². The van der Waals surface area contributed by atoms with Gasteiger partial charge in [0.05, 0.1) is 11.3 Å². The SMILES string of the molecule is Cc1ccc(NC(=O)NC(C)CCS(C)=O)c(C(=O)O)c1. The smallest absolute Gasteiger partial charge is 0.337 e. The third kappa shape index (κ3) is 5.95. The number of urea groups is 1.